The van der Waals surface area contributed by atoms with Gasteiger partial charge in [0.1, 0.15) is 17.2 Å². The van der Waals surface area contributed by atoms with Crippen LogP contribution < -0.4 is 10.5 Å². The van der Waals surface area contributed by atoms with Gasteiger partial charge < -0.3 is 10.5 Å². The van der Waals surface area contributed by atoms with Gasteiger partial charge in [0.25, 0.3) is 0 Å². The zero-order chi connectivity index (χ0) is 14.0. The number of nitrogens with two attached hydrogens (primary N) is 1. The Morgan fingerprint density at radius 3 is 2.42 bits per heavy atom. The van der Waals surface area contributed by atoms with Crippen molar-refractivity contribution in [3.05, 3.63) is 47.8 Å². The van der Waals surface area contributed by atoms with Gasteiger partial charge in [0.15, 0.2) is 0 Å². The molecule has 3 nitrogen and oxygen atoms in total. The maximum Gasteiger partial charge on any atom is 0.433 e. The van der Waals surface area contributed by atoms with E-state index < -0.39 is 11.9 Å². The third-order valence-corrected chi connectivity index (χ3v) is 2.45. The monoisotopic (exact) mass is 268 g/mol. The number of halogens is 3. The number of anilines is 1. The summed E-state index contributed by atoms with van der Waals surface area (Å²) in [6, 6.07) is 7.13. The number of aryl methyl sites for hydroxylation is 1. The second-order valence-electron chi connectivity index (χ2n) is 4.00. The second kappa shape index (κ2) is 4.79. The number of nitrogens with zero attached hydrogens (tertiary/aromatic N) is 1. The fourth-order valence-corrected chi connectivity index (χ4v) is 1.52. The van der Waals surface area contributed by atoms with E-state index >= 15 is 0 Å². The lowest BCUT2D eigenvalue weighted by Gasteiger charge is -2.10. The Kier molecular flexibility index (Phi) is 3.33. The van der Waals surface area contributed by atoms with Gasteiger partial charge in [-0.2, -0.15) is 13.2 Å². The highest BCUT2D eigenvalue weighted by Crippen LogP contribution is 2.30. The molecule has 0 fully saturated rings. The van der Waals surface area contributed by atoms with Crippen molar-refractivity contribution in [1.82, 2.24) is 4.98 Å². The lowest BCUT2D eigenvalue weighted by molar-refractivity contribution is -0.141. The van der Waals surface area contributed by atoms with Crippen molar-refractivity contribution in [2.75, 3.05) is 5.73 Å². The standard InChI is InChI=1S/C13H11F3N2O/c1-8-6-9(17)2-4-11(8)19-10-3-5-12(18-7-10)13(14,15)16/h2-7H,17H2,1H3. The number of alkyl halides is 3. The Hall–Kier alpha value is -2.24. The number of hydrogen-bond acceptors (Lipinski definition) is 3. The molecule has 0 amide bonds. The minimum Gasteiger partial charge on any atom is -0.455 e. The van der Waals surface area contributed by atoms with Crippen molar-refractivity contribution >= 4 is 5.69 Å². The van der Waals surface area contributed by atoms with E-state index in [0.717, 1.165) is 17.8 Å². The van der Waals surface area contributed by atoms with Crippen molar-refractivity contribution < 1.29 is 17.9 Å². The van der Waals surface area contributed by atoms with Crippen molar-refractivity contribution in [1.29, 1.82) is 0 Å². The van der Waals surface area contributed by atoms with Gasteiger partial charge in [0, 0.05) is 5.69 Å². The Bertz CT molecular complexity index is 579. The topological polar surface area (TPSA) is 48.1 Å². The van der Waals surface area contributed by atoms with Gasteiger partial charge in [-0.3, -0.25) is 0 Å². The van der Waals surface area contributed by atoms with Gasteiger partial charge in [-0.1, -0.05) is 0 Å². The smallest absolute Gasteiger partial charge is 0.433 e. The fourth-order valence-electron chi connectivity index (χ4n) is 1.52. The fraction of sp³-hybridized carbons (Fsp3) is 0.154. The highest BCUT2D eigenvalue weighted by molar-refractivity contribution is 5.48. The molecule has 0 atom stereocenters. The third kappa shape index (κ3) is 3.15. The van der Waals surface area contributed by atoms with Crippen LogP contribution in [0.25, 0.3) is 0 Å². The molecular weight excluding hydrogens is 257 g/mol. The zero-order valence-corrected chi connectivity index (χ0v) is 10.0. The van der Waals surface area contributed by atoms with E-state index in [4.69, 9.17) is 10.5 Å². The van der Waals surface area contributed by atoms with Crippen molar-refractivity contribution in [3.8, 4) is 11.5 Å². The summed E-state index contributed by atoms with van der Waals surface area (Å²) < 4.78 is 42.5. The Morgan fingerprint density at radius 1 is 1.16 bits per heavy atom. The molecule has 1 aromatic heterocycles. The first-order chi connectivity index (χ1) is 8.86. The first-order valence-electron chi connectivity index (χ1n) is 5.43. The molecule has 0 saturated heterocycles. The second-order valence-corrected chi connectivity index (χ2v) is 4.00. The minimum absolute atomic E-state index is 0.237. The molecular formula is C13H11F3N2O. The molecule has 100 valence electrons. The molecule has 0 bridgehead atoms. The van der Waals surface area contributed by atoms with Crippen LogP contribution in [0.15, 0.2) is 36.5 Å². The van der Waals surface area contributed by atoms with E-state index in [9.17, 15) is 13.2 Å². The highest BCUT2D eigenvalue weighted by Gasteiger charge is 2.32. The van der Waals surface area contributed by atoms with E-state index in [1.54, 1.807) is 25.1 Å². The zero-order valence-electron chi connectivity index (χ0n) is 10.0. The van der Waals surface area contributed by atoms with Crippen LogP contribution in [0.5, 0.6) is 11.5 Å². The van der Waals surface area contributed by atoms with Crippen LogP contribution in [-0.2, 0) is 6.18 Å². The van der Waals surface area contributed by atoms with Crippen molar-refractivity contribution in [3.63, 3.8) is 0 Å². The van der Waals surface area contributed by atoms with Crippen LogP contribution in [-0.4, -0.2) is 4.98 Å². The van der Waals surface area contributed by atoms with E-state index in [0.29, 0.717) is 11.4 Å². The minimum atomic E-state index is -4.45. The molecule has 0 spiro atoms. The molecule has 0 aliphatic rings. The summed E-state index contributed by atoms with van der Waals surface area (Å²) in [6.45, 7) is 1.79. The number of ether oxygens (including phenoxy) is 1. The van der Waals surface area contributed by atoms with Gasteiger partial charge in [0.05, 0.1) is 6.20 Å². The molecule has 2 N–H and O–H groups in total. The summed E-state index contributed by atoms with van der Waals surface area (Å²) in [6.07, 6.45) is -3.41. The normalized spacial score (nSPS) is 11.4. The summed E-state index contributed by atoms with van der Waals surface area (Å²) in [4.78, 5) is 3.32. The lowest BCUT2D eigenvalue weighted by atomic mass is 10.2. The molecule has 0 aliphatic carbocycles. The maximum absolute atomic E-state index is 12.3. The van der Waals surface area contributed by atoms with Gasteiger partial charge in [-0.25, -0.2) is 4.98 Å². The summed E-state index contributed by atoms with van der Waals surface area (Å²) >= 11 is 0. The van der Waals surface area contributed by atoms with E-state index in [-0.39, 0.29) is 5.75 Å². The van der Waals surface area contributed by atoms with E-state index in [1.165, 1.54) is 6.07 Å². The predicted octanol–water partition coefficient (Wildman–Crippen LogP) is 3.78. The van der Waals surface area contributed by atoms with Crippen LogP contribution >= 0.6 is 0 Å². The molecule has 19 heavy (non-hydrogen) atoms. The summed E-state index contributed by atoms with van der Waals surface area (Å²) in [5, 5.41) is 0. The van der Waals surface area contributed by atoms with Crippen LogP contribution in [0.4, 0.5) is 18.9 Å². The molecule has 0 saturated carbocycles. The third-order valence-electron chi connectivity index (χ3n) is 2.45. The van der Waals surface area contributed by atoms with Gasteiger partial charge in [-0.15, -0.1) is 0 Å². The van der Waals surface area contributed by atoms with E-state index in [1.807, 2.05) is 0 Å². The largest absolute Gasteiger partial charge is 0.455 e. The number of nitrogen functional groups attached to an aromatic ring is 1. The van der Waals surface area contributed by atoms with Crippen molar-refractivity contribution in [2.45, 2.75) is 13.1 Å². The Labute approximate surface area is 107 Å². The first-order valence-corrected chi connectivity index (χ1v) is 5.43. The molecule has 2 aromatic rings. The molecule has 0 unspecified atom stereocenters. The van der Waals surface area contributed by atoms with Gasteiger partial charge in [0.2, 0.25) is 0 Å². The number of rotatable bonds is 2. The summed E-state index contributed by atoms with van der Waals surface area (Å²) in [5.41, 5.74) is 6.03. The first kappa shape index (κ1) is 13.2. The van der Waals surface area contributed by atoms with Crippen molar-refractivity contribution in [2.24, 2.45) is 0 Å². The van der Waals surface area contributed by atoms with Crippen LogP contribution in [0.2, 0.25) is 0 Å². The predicted molar refractivity (Wildman–Crippen MR) is 64.9 cm³/mol. The quantitative estimate of drug-likeness (QED) is 0.843. The molecule has 2 rings (SSSR count). The maximum atomic E-state index is 12.3. The Balaban J connectivity index is 2.20. The van der Waals surface area contributed by atoms with Gasteiger partial charge >= 0.3 is 6.18 Å². The average Bonchev–Trinajstić information content (AvgIpc) is 2.32. The van der Waals surface area contributed by atoms with Gasteiger partial charge in [-0.05, 0) is 42.8 Å². The molecule has 6 heteroatoms. The molecule has 0 radical (unpaired) electrons. The highest BCUT2D eigenvalue weighted by atomic mass is 19.4. The Morgan fingerprint density at radius 2 is 1.89 bits per heavy atom. The number of hydrogen-bond donors (Lipinski definition) is 1. The van der Waals surface area contributed by atoms with Crippen LogP contribution in [0.3, 0.4) is 0 Å². The molecule has 0 aliphatic heterocycles. The SMILES string of the molecule is Cc1cc(N)ccc1Oc1ccc(C(F)(F)F)nc1. The molecule has 1 aromatic carbocycles. The summed E-state index contributed by atoms with van der Waals surface area (Å²) in [5.74, 6) is 0.761. The number of pyridine rings is 1. The number of benzene rings is 1. The van der Waals surface area contributed by atoms with Crippen LogP contribution in [0, 0.1) is 6.92 Å². The van der Waals surface area contributed by atoms with Crippen LogP contribution in [0.1, 0.15) is 11.3 Å². The molecule has 1 heterocycles. The average molecular weight is 268 g/mol. The summed E-state index contributed by atoms with van der Waals surface area (Å²) in [7, 11) is 0. The number of aromatic nitrogens is 1. The lowest BCUT2D eigenvalue weighted by Crippen LogP contribution is -2.07. The van der Waals surface area contributed by atoms with E-state index in [2.05, 4.69) is 4.98 Å².